The van der Waals surface area contributed by atoms with Gasteiger partial charge in [-0.15, -0.1) is 13.2 Å². The summed E-state index contributed by atoms with van der Waals surface area (Å²) in [6.45, 7) is 5.59. The highest BCUT2D eigenvalue weighted by Gasteiger charge is 2.31. The van der Waals surface area contributed by atoms with Crippen molar-refractivity contribution in [2.45, 2.75) is 58.9 Å². The monoisotopic (exact) mass is 533 g/mol. The van der Waals surface area contributed by atoms with E-state index in [4.69, 9.17) is 9.84 Å². The quantitative estimate of drug-likeness (QED) is 0.200. The zero-order valence-corrected chi connectivity index (χ0v) is 21.9. The van der Waals surface area contributed by atoms with E-state index in [2.05, 4.69) is 17.0 Å². The molecule has 0 aliphatic heterocycles. The molecule has 0 bridgehead atoms. The first kappa shape index (κ1) is 29.2. The fourth-order valence-corrected chi connectivity index (χ4v) is 4.52. The largest absolute Gasteiger partial charge is 0.573 e. The average Bonchev–Trinajstić information content (AvgIpc) is 3.27. The van der Waals surface area contributed by atoms with Crippen molar-refractivity contribution in [2.24, 2.45) is 5.92 Å². The molecule has 0 radical (unpaired) electrons. The molecule has 0 saturated carbocycles. The molecule has 206 valence electrons. The maximum absolute atomic E-state index is 12.5. The van der Waals surface area contributed by atoms with E-state index in [1.54, 1.807) is 13.2 Å². The van der Waals surface area contributed by atoms with Gasteiger partial charge < -0.3 is 14.8 Å². The van der Waals surface area contributed by atoms with Gasteiger partial charge in [0.05, 0.1) is 12.1 Å². The molecule has 1 heterocycles. The molecule has 0 aliphatic rings. The van der Waals surface area contributed by atoms with Crippen LogP contribution >= 0.6 is 0 Å². The van der Waals surface area contributed by atoms with Gasteiger partial charge in [0.15, 0.2) is 5.78 Å². The molecule has 1 N–H and O–H groups in total. The van der Waals surface area contributed by atoms with E-state index in [1.165, 1.54) is 12.1 Å². The number of aryl methyl sites for hydroxylation is 1. The van der Waals surface area contributed by atoms with Crippen molar-refractivity contribution in [1.82, 2.24) is 15.1 Å². The summed E-state index contributed by atoms with van der Waals surface area (Å²) in [7, 11) is 1.58. The Kier molecular flexibility index (Phi) is 10.3. The summed E-state index contributed by atoms with van der Waals surface area (Å²) < 4.78 is 47.7. The Morgan fingerprint density at radius 1 is 1.11 bits per heavy atom. The fraction of sp³-hybridized carbons (Fsp3) is 0.464. The third-order valence-corrected chi connectivity index (χ3v) is 6.41. The smallest absolute Gasteiger partial charge is 0.406 e. The minimum Gasteiger partial charge on any atom is -0.406 e. The number of ketones is 1. The second-order valence-electron chi connectivity index (χ2n) is 9.31. The minimum absolute atomic E-state index is 0.115. The number of methoxy groups -OCH3 is 1. The number of Topliss-reactive ketones (excluding diaryl/α,β-unsaturated/α-hetero) is 1. The van der Waals surface area contributed by atoms with E-state index in [0.29, 0.717) is 49.6 Å². The zero-order valence-electron chi connectivity index (χ0n) is 21.9. The topological polar surface area (TPSA) is 82.5 Å². The molecule has 2 aromatic carbocycles. The van der Waals surface area contributed by atoms with Gasteiger partial charge >= 0.3 is 6.36 Å². The van der Waals surface area contributed by atoms with Crippen molar-refractivity contribution in [3.63, 3.8) is 0 Å². The summed E-state index contributed by atoms with van der Waals surface area (Å²) in [5.74, 6) is -0.305. The molecule has 1 unspecified atom stereocenters. The van der Waals surface area contributed by atoms with Crippen LogP contribution in [0.15, 0.2) is 42.6 Å². The maximum atomic E-state index is 12.5. The predicted octanol–water partition coefficient (Wildman–Crippen LogP) is 6.09. The second-order valence-corrected chi connectivity index (χ2v) is 9.31. The number of carbonyl (C=O) groups is 2. The van der Waals surface area contributed by atoms with E-state index in [0.717, 1.165) is 47.9 Å². The first-order valence-electron chi connectivity index (χ1n) is 12.7. The Morgan fingerprint density at radius 2 is 1.84 bits per heavy atom. The molecular weight excluding hydrogens is 499 g/mol. The number of rotatable bonds is 14. The number of amides is 1. The Balaban J connectivity index is 1.59. The normalized spacial score (nSPS) is 12.5. The number of nitrogens with zero attached hydrogens (tertiary/aromatic N) is 2. The fourth-order valence-electron chi connectivity index (χ4n) is 4.52. The van der Waals surface area contributed by atoms with Gasteiger partial charge in [-0.05, 0) is 74.1 Å². The zero-order chi connectivity index (χ0) is 27.7. The van der Waals surface area contributed by atoms with Gasteiger partial charge in [-0.1, -0.05) is 13.3 Å². The Labute approximate surface area is 220 Å². The van der Waals surface area contributed by atoms with Gasteiger partial charge in [-0.3, -0.25) is 14.3 Å². The van der Waals surface area contributed by atoms with Gasteiger partial charge in [0.25, 0.3) is 5.91 Å². The third-order valence-electron chi connectivity index (χ3n) is 6.41. The van der Waals surface area contributed by atoms with Gasteiger partial charge in [-0.25, -0.2) is 0 Å². The van der Waals surface area contributed by atoms with Crippen molar-refractivity contribution in [2.75, 3.05) is 20.3 Å². The standard InChI is InChI=1S/C28H34F3N3O4/c1-4-6-20(7-5-8-26(35)21-9-11-22(12-10-21)38-28(29,30)31)17-34-18-24-19(2)23(13-14-25(24)33-34)27(36)32-15-16-37-3/h9-14,18,20H,4-8,15-17H2,1-3H3,(H,32,36). The molecule has 0 spiro atoms. The number of ether oxygens (including phenoxy) is 2. The molecule has 0 saturated heterocycles. The Hall–Kier alpha value is -3.40. The van der Waals surface area contributed by atoms with Crippen LogP contribution in [0.2, 0.25) is 0 Å². The van der Waals surface area contributed by atoms with Gasteiger partial charge in [0.2, 0.25) is 0 Å². The van der Waals surface area contributed by atoms with Crippen LogP contribution in [0.4, 0.5) is 13.2 Å². The van der Waals surface area contributed by atoms with Crippen LogP contribution in [0.5, 0.6) is 5.75 Å². The first-order chi connectivity index (χ1) is 18.1. The number of carbonyl (C=O) groups excluding carboxylic acids is 2. The number of hydrogen-bond donors (Lipinski definition) is 1. The lowest BCUT2D eigenvalue weighted by molar-refractivity contribution is -0.274. The average molecular weight is 534 g/mol. The summed E-state index contributed by atoms with van der Waals surface area (Å²) in [6, 6.07) is 8.66. The molecule has 0 aliphatic carbocycles. The highest BCUT2D eigenvalue weighted by molar-refractivity contribution is 6.00. The molecule has 38 heavy (non-hydrogen) atoms. The predicted molar refractivity (Wildman–Crippen MR) is 138 cm³/mol. The van der Waals surface area contributed by atoms with Crippen LogP contribution in [0.3, 0.4) is 0 Å². The highest BCUT2D eigenvalue weighted by Crippen LogP contribution is 2.25. The van der Waals surface area contributed by atoms with Gasteiger partial charge in [0.1, 0.15) is 5.75 Å². The summed E-state index contributed by atoms with van der Waals surface area (Å²) in [4.78, 5) is 25.1. The lowest BCUT2D eigenvalue weighted by atomic mass is 9.95. The van der Waals surface area contributed by atoms with Crippen LogP contribution in [-0.4, -0.2) is 48.1 Å². The number of benzene rings is 2. The molecule has 1 aromatic heterocycles. The van der Waals surface area contributed by atoms with E-state index in [1.807, 2.05) is 23.9 Å². The highest BCUT2D eigenvalue weighted by atomic mass is 19.4. The summed E-state index contributed by atoms with van der Waals surface area (Å²) in [5.41, 5.74) is 2.66. The molecule has 10 heteroatoms. The number of nitrogens with one attached hydrogen (secondary N) is 1. The van der Waals surface area contributed by atoms with E-state index < -0.39 is 6.36 Å². The van der Waals surface area contributed by atoms with Crippen molar-refractivity contribution >= 4 is 22.6 Å². The van der Waals surface area contributed by atoms with Crippen molar-refractivity contribution in [3.05, 3.63) is 59.3 Å². The lowest BCUT2D eigenvalue weighted by Gasteiger charge is -2.16. The van der Waals surface area contributed by atoms with E-state index in [9.17, 15) is 22.8 Å². The maximum Gasteiger partial charge on any atom is 0.573 e. The number of hydrogen-bond acceptors (Lipinski definition) is 5. The van der Waals surface area contributed by atoms with E-state index >= 15 is 0 Å². The molecule has 0 fully saturated rings. The van der Waals surface area contributed by atoms with Crippen LogP contribution in [-0.2, 0) is 11.3 Å². The molecule has 3 aromatic rings. The van der Waals surface area contributed by atoms with Crippen molar-refractivity contribution in [1.29, 1.82) is 0 Å². The van der Waals surface area contributed by atoms with Gasteiger partial charge in [-0.2, -0.15) is 5.10 Å². The lowest BCUT2D eigenvalue weighted by Crippen LogP contribution is -2.27. The molecule has 7 nitrogen and oxygen atoms in total. The van der Waals surface area contributed by atoms with Crippen molar-refractivity contribution in [3.8, 4) is 5.75 Å². The molecule has 3 rings (SSSR count). The SMILES string of the molecule is CCCC(CCCC(=O)c1ccc(OC(F)(F)F)cc1)Cn1cc2c(C)c(C(=O)NCCOC)ccc2n1. The summed E-state index contributed by atoms with van der Waals surface area (Å²) in [6.07, 6.45) is 0.953. The first-order valence-corrected chi connectivity index (χ1v) is 12.7. The van der Waals surface area contributed by atoms with Crippen LogP contribution in [0.1, 0.15) is 65.3 Å². The second kappa shape index (κ2) is 13.4. The molecule has 1 amide bonds. The van der Waals surface area contributed by atoms with Crippen molar-refractivity contribution < 1.29 is 32.2 Å². The number of fused-ring (bicyclic) bond motifs is 1. The van der Waals surface area contributed by atoms with Gasteiger partial charge in [0, 0.05) is 49.3 Å². The minimum atomic E-state index is -4.76. The van der Waals surface area contributed by atoms with Crippen LogP contribution in [0, 0.1) is 12.8 Å². The van der Waals surface area contributed by atoms with Crippen LogP contribution in [0.25, 0.3) is 10.9 Å². The Morgan fingerprint density at radius 3 is 2.50 bits per heavy atom. The number of alkyl halides is 3. The molecular formula is C28H34F3N3O4. The number of halogens is 3. The van der Waals surface area contributed by atoms with Crippen LogP contribution < -0.4 is 10.1 Å². The van der Waals surface area contributed by atoms with E-state index in [-0.39, 0.29) is 17.4 Å². The number of aromatic nitrogens is 2. The molecule has 1 atom stereocenters. The summed E-state index contributed by atoms with van der Waals surface area (Å²) in [5, 5.41) is 8.47. The Bertz CT molecular complexity index is 1220. The third kappa shape index (κ3) is 8.31. The summed E-state index contributed by atoms with van der Waals surface area (Å²) >= 11 is 0.